The first-order valence-electron chi connectivity index (χ1n) is 10.2. The third kappa shape index (κ3) is 6.71. The fraction of sp³-hybridized carbons (Fsp3) is 0.250. The van der Waals surface area contributed by atoms with Crippen molar-refractivity contribution in [1.82, 2.24) is 9.55 Å². The van der Waals surface area contributed by atoms with Gasteiger partial charge in [0.2, 0.25) is 0 Å². The second-order valence-corrected chi connectivity index (χ2v) is 8.50. The molecule has 1 fully saturated rings. The predicted octanol–water partition coefficient (Wildman–Crippen LogP) is 1.08. The number of hydrogen-bond acceptors (Lipinski definition) is 7. The van der Waals surface area contributed by atoms with Crippen molar-refractivity contribution < 1.29 is 34.4 Å². The van der Waals surface area contributed by atoms with Gasteiger partial charge in [-0.05, 0) is 55.0 Å². The molecule has 1 aliphatic rings. The first-order chi connectivity index (χ1) is 15.5. The Bertz CT molecular complexity index is 1160. The third-order valence-corrected chi connectivity index (χ3v) is 6.46. The minimum atomic E-state index is 0. The van der Waals surface area contributed by atoms with E-state index in [1.807, 2.05) is 49.1 Å². The number of aromatic nitrogens is 2. The quantitative estimate of drug-likeness (QED) is 0.251. The number of nitrogens with two attached hydrogens (primary N) is 1. The topological polar surface area (TPSA) is 112 Å². The summed E-state index contributed by atoms with van der Waals surface area (Å²) in [6, 6.07) is 13.1. The molecular weight excluding hydrogens is 443 g/mol. The molecule has 4 rings (SSSR count). The van der Waals surface area contributed by atoms with Gasteiger partial charge < -0.3 is 25.4 Å². The zero-order chi connectivity index (χ0) is 23.1. The van der Waals surface area contributed by atoms with Crippen LogP contribution in [0.15, 0.2) is 52.4 Å². The van der Waals surface area contributed by atoms with Crippen LogP contribution in [0.3, 0.4) is 0 Å². The maximum absolute atomic E-state index is 10.8. The van der Waals surface area contributed by atoms with E-state index in [4.69, 9.17) is 16.4 Å². The zero-order valence-electron chi connectivity index (χ0n) is 19.1. The average Bonchev–Trinajstić information content (AvgIpc) is 3.45. The Morgan fingerprint density at radius 2 is 1.97 bits per heavy atom. The number of nitrogens with zero attached hydrogens (tertiary/aromatic N) is 4. The summed E-state index contributed by atoms with van der Waals surface area (Å²) in [6.07, 6.45) is 7.33. The largest absolute Gasteiger partial charge is 1.00 e. The van der Waals surface area contributed by atoms with Gasteiger partial charge in [0, 0.05) is 60.7 Å². The van der Waals surface area contributed by atoms with Crippen LogP contribution in [-0.4, -0.2) is 35.1 Å². The van der Waals surface area contributed by atoms with Gasteiger partial charge in [0.1, 0.15) is 5.82 Å². The first kappa shape index (κ1) is 26.7. The van der Waals surface area contributed by atoms with Crippen LogP contribution >= 0.6 is 11.8 Å². The monoisotopic (exact) mass is 468 g/mol. The van der Waals surface area contributed by atoms with Gasteiger partial charge in [-0.3, -0.25) is 0 Å². The van der Waals surface area contributed by atoms with Gasteiger partial charge in [0.15, 0.2) is 0 Å². The van der Waals surface area contributed by atoms with Gasteiger partial charge in [-0.15, -0.1) is 11.8 Å². The van der Waals surface area contributed by atoms with Crippen LogP contribution in [-0.2, 0) is 11.8 Å². The molecular formula is C24H25N6NaOS. The molecule has 9 heteroatoms. The van der Waals surface area contributed by atoms with E-state index in [1.54, 1.807) is 30.1 Å². The van der Waals surface area contributed by atoms with Crippen LogP contribution in [0.1, 0.15) is 35.4 Å². The number of pyridine rings is 1. The van der Waals surface area contributed by atoms with Crippen LogP contribution in [0, 0.1) is 23.7 Å². The van der Waals surface area contributed by atoms with Gasteiger partial charge >= 0.3 is 29.6 Å². The number of hydrogen-bond donors (Lipinski definition) is 2. The molecule has 1 aromatic carbocycles. The molecule has 0 unspecified atom stereocenters. The fourth-order valence-corrected chi connectivity index (χ4v) is 4.38. The molecule has 3 heterocycles. The van der Waals surface area contributed by atoms with E-state index in [0.717, 1.165) is 34.4 Å². The van der Waals surface area contributed by atoms with E-state index in [0.29, 0.717) is 22.5 Å². The number of benzene rings is 1. The second-order valence-electron chi connectivity index (χ2n) is 7.39. The van der Waals surface area contributed by atoms with Crippen LogP contribution in [0.5, 0.6) is 0 Å². The molecule has 2 aromatic heterocycles. The van der Waals surface area contributed by atoms with E-state index in [2.05, 4.69) is 16.0 Å². The van der Waals surface area contributed by atoms with Crippen LogP contribution in [0.2, 0.25) is 0 Å². The van der Waals surface area contributed by atoms with E-state index < -0.39 is 0 Å². The van der Waals surface area contributed by atoms with Crippen molar-refractivity contribution in [2.45, 2.75) is 29.6 Å². The summed E-state index contributed by atoms with van der Waals surface area (Å²) in [7, 11) is 1.84. The molecule has 7 nitrogen and oxygen atoms in total. The van der Waals surface area contributed by atoms with E-state index >= 15 is 0 Å². The fourth-order valence-electron chi connectivity index (χ4n) is 3.35. The van der Waals surface area contributed by atoms with Crippen LogP contribution in [0.4, 0.5) is 11.5 Å². The number of carbonyl (C=O) groups excluding carboxylic acids is 1. The number of anilines is 2. The summed E-state index contributed by atoms with van der Waals surface area (Å²) in [5.41, 5.74) is 9.27. The molecule has 1 aliphatic heterocycles. The van der Waals surface area contributed by atoms with E-state index in [-0.39, 0.29) is 29.6 Å². The van der Waals surface area contributed by atoms with Crippen molar-refractivity contribution in [3.05, 3.63) is 65.1 Å². The predicted molar refractivity (Wildman–Crippen MR) is 128 cm³/mol. The van der Waals surface area contributed by atoms with E-state index in [1.165, 1.54) is 19.1 Å². The summed E-state index contributed by atoms with van der Waals surface area (Å²) < 4.78 is 1.81. The molecule has 3 aromatic rings. The van der Waals surface area contributed by atoms with Gasteiger partial charge in [-0.2, -0.15) is 11.3 Å². The summed E-state index contributed by atoms with van der Waals surface area (Å²) >= 11 is 1.54. The number of nitrogen functional groups attached to an aromatic ring is 1. The maximum Gasteiger partial charge on any atom is 1.00 e. The maximum atomic E-state index is 10.8. The Kier molecular flexibility index (Phi) is 10.2. The van der Waals surface area contributed by atoms with Gasteiger partial charge in [-0.25, -0.2) is 4.98 Å². The third-order valence-electron chi connectivity index (χ3n) is 5.34. The minimum Gasteiger partial charge on any atom is -0.417 e. The van der Waals surface area contributed by atoms with Crippen LogP contribution < -0.4 is 40.2 Å². The first-order valence-corrected chi connectivity index (χ1v) is 11.0. The Morgan fingerprint density at radius 1 is 1.24 bits per heavy atom. The molecule has 3 N–H and O–H groups in total. The molecule has 0 atom stereocenters. The number of nitriles is 1. The zero-order valence-corrected chi connectivity index (χ0v) is 21.9. The Balaban J connectivity index is 0.000000241. The molecule has 33 heavy (non-hydrogen) atoms. The standard InChI is InChI=1S/C14H14N3OS.C10H11N3.Na/c1-9-14(6-11(8-18)17(9)2)19-12-3-4-13(16)10(5-12)7-15;11-8-9-3-4-12-10(7-9)13-5-1-2-6-13;/h3-7,15H,16H2,1-2H3;3-4,7H,1-2,5-6H2;/q-1;;+1. The summed E-state index contributed by atoms with van der Waals surface area (Å²) in [6.45, 7) is 4.10. The van der Waals surface area contributed by atoms with Crippen molar-refractivity contribution in [1.29, 1.82) is 10.7 Å². The molecule has 1 saturated heterocycles. The van der Waals surface area contributed by atoms with Gasteiger partial charge in [0.25, 0.3) is 0 Å². The number of nitrogens with one attached hydrogen (secondary N) is 1. The van der Waals surface area contributed by atoms with Crippen molar-refractivity contribution in [2.75, 3.05) is 23.7 Å². The van der Waals surface area contributed by atoms with Crippen molar-refractivity contribution in [2.24, 2.45) is 7.05 Å². The Labute approximate surface area is 220 Å². The minimum absolute atomic E-state index is 0. The summed E-state index contributed by atoms with van der Waals surface area (Å²) in [5, 5.41) is 16.0. The molecule has 0 aliphatic carbocycles. The van der Waals surface area contributed by atoms with Crippen molar-refractivity contribution >= 4 is 35.8 Å². The molecule has 0 radical (unpaired) electrons. The molecule has 0 amide bonds. The molecule has 0 spiro atoms. The van der Waals surface area contributed by atoms with Crippen molar-refractivity contribution in [3.63, 3.8) is 0 Å². The SMILES string of the molecule is Cc1c(Sc2ccc(N)c(C=N)c2)cc([C-]=O)n1C.N#Cc1ccnc(N2CCCC2)c1.[Na+]. The van der Waals surface area contributed by atoms with Gasteiger partial charge in [0.05, 0.1) is 11.6 Å². The van der Waals surface area contributed by atoms with Gasteiger partial charge in [-0.1, -0.05) is 5.69 Å². The molecule has 164 valence electrons. The molecule has 0 bridgehead atoms. The Morgan fingerprint density at radius 3 is 2.58 bits per heavy atom. The second kappa shape index (κ2) is 12.6. The summed E-state index contributed by atoms with van der Waals surface area (Å²) in [4.78, 5) is 19.2. The Hall–Kier alpha value is -2.57. The molecule has 0 saturated carbocycles. The van der Waals surface area contributed by atoms with Crippen molar-refractivity contribution in [3.8, 4) is 6.07 Å². The van der Waals surface area contributed by atoms with Crippen LogP contribution in [0.25, 0.3) is 0 Å². The normalized spacial score (nSPS) is 12.2. The average molecular weight is 469 g/mol. The summed E-state index contributed by atoms with van der Waals surface area (Å²) in [5.74, 6) is 0.941. The van der Waals surface area contributed by atoms with E-state index in [9.17, 15) is 4.79 Å². The number of rotatable bonds is 5. The smallest absolute Gasteiger partial charge is 0.417 e.